The topological polar surface area (TPSA) is 102 Å². The molecule has 2 aromatic heterocycles. The first-order chi connectivity index (χ1) is 13.0. The number of hydrogen-bond acceptors (Lipinski definition) is 7. The molecule has 0 bridgehead atoms. The zero-order valence-corrected chi connectivity index (χ0v) is 17.4. The highest BCUT2D eigenvalue weighted by Gasteiger charge is 2.14. The molecular formula is C16H15BrN6O2S2. The second-order valence-electron chi connectivity index (χ2n) is 5.29. The van der Waals surface area contributed by atoms with Gasteiger partial charge in [0.15, 0.2) is 16.1 Å². The smallest absolute Gasteiger partial charge is 0.252 e. The maximum absolute atomic E-state index is 12.3. The molecule has 3 aromatic rings. The summed E-state index contributed by atoms with van der Waals surface area (Å²) in [5, 5.41) is 16.6. The van der Waals surface area contributed by atoms with Crippen LogP contribution in [0.5, 0.6) is 0 Å². The van der Waals surface area contributed by atoms with Crippen LogP contribution in [0.2, 0.25) is 0 Å². The maximum atomic E-state index is 12.3. The number of carbonyl (C=O) groups excluding carboxylic acids is 2. The number of rotatable bonds is 7. The maximum Gasteiger partial charge on any atom is 0.252 e. The standard InChI is InChI=1S/C16H15BrN6O2S2/c1-23-12(8-19-14(25)10-4-2-3-5-11(10)17)21-22-16(23)27-9-13(24)20-15-18-6-7-26-15/h2-7H,8-9H2,1H3,(H,19,25)(H,18,20,24). The molecule has 0 aliphatic carbocycles. The van der Waals surface area contributed by atoms with E-state index in [-0.39, 0.29) is 24.1 Å². The third-order valence-electron chi connectivity index (χ3n) is 3.46. The Labute approximate surface area is 171 Å². The number of nitrogens with one attached hydrogen (secondary N) is 2. The molecule has 0 fully saturated rings. The molecule has 0 unspecified atom stereocenters. The Morgan fingerprint density at radius 2 is 2.11 bits per heavy atom. The van der Waals surface area contributed by atoms with Gasteiger partial charge in [-0.2, -0.15) is 0 Å². The number of benzene rings is 1. The molecule has 8 nitrogen and oxygen atoms in total. The lowest BCUT2D eigenvalue weighted by Gasteiger charge is -2.07. The average Bonchev–Trinajstić information content (AvgIpc) is 3.28. The lowest BCUT2D eigenvalue weighted by atomic mass is 10.2. The molecule has 27 heavy (non-hydrogen) atoms. The quantitative estimate of drug-likeness (QED) is 0.519. The van der Waals surface area contributed by atoms with E-state index >= 15 is 0 Å². The van der Waals surface area contributed by atoms with Crippen molar-refractivity contribution in [1.29, 1.82) is 0 Å². The van der Waals surface area contributed by atoms with Crippen molar-refractivity contribution in [2.75, 3.05) is 11.1 Å². The fourth-order valence-electron chi connectivity index (χ4n) is 2.10. The summed E-state index contributed by atoms with van der Waals surface area (Å²) in [5.41, 5.74) is 0.549. The first-order valence-electron chi connectivity index (χ1n) is 7.77. The van der Waals surface area contributed by atoms with Crippen molar-refractivity contribution in [3.8, 4) is 0 Å². The summed E-state index contributed by atoms with van der Waals surface area (Å²) in [6.07, 6.45) is 1.63. The molecule has 2 heterocycles. The Morgan fingerprint density at radius 3 is 2.85 bits per heavy atom. The van der Waals surface area contributed by atoms with E-state index in [1.54, 1.807) is 35.3 Å². The minimum atomic E-state index is -0.206. The van der Waals surface area contributed by atoms with E-state index < -0.39 is 0 Å². The van der Waals surface area contributed by atoms with E-state index in [0.717, 1.165) is 4.47 Å². The van der Waals surface area contributed by atoms with Gasteiger partial charge in [0.25, 0.3) is 5.91 Å². The van der Waals surface area contributed by atoms with Gasteiger partial charge in [-0.25, -0.2) is 4.98 Å². The molecule has 0 saturated carbocycles. The van der Waals surface area contributed by atoms with Crippen LogP contribution < -0.4 is 10.6 Å². The number of halogens is 1. The Morgan fingerprint density at radius 1 is 1.30 bits per heavy atom. The molecule has 0 spiro atoms. The van der Waals surface area contributed by atoms with Gasteiger partial charge in [0.1, 0.15) is 0 Å². The van der Waals surface area contributed by atoms with Crippen LogP contribution in [0.15, 0.2) is 45.5 Å². The zero-order chi connectivity index (χ0) is 19.2. The lowest BCUT2D eigenvalue weighted by Crippen LogP contribution is -2.24. The molecule has 0 atom stereocenters. The Balaban J connectivity index is 1.53. The third kappa shape index (κ3) is 5.15. The number of nitrogens with zero attached hydrogens (tertiary/aromatic N) is 4. The average molecular weight is 467 g/mol. The van der Waals surface area contributed by atoms with Crippen LogP contribution >= 0.6 is 39.0 Å². The molecule has 0 aliphatic rings. The fourth-order valence-corrected chi connectivity index (χ4v) is 3.84. The Kier molecular flexibility index (Phi) is 6.58. The molecule has 2 amide bonds. The summed E-state index contributed by atoms with van der Waals surface area (Å²) in [5.74, 6) is 0.414. The minimum absolute atomic E-state index is 0.165. The van der Waals surface area contributed by atoms with Crippen molar-refractivity contribution in [1.82, 2.24) is 25.1 Å². The van der Waals surface area contributed by atoms with Crippen molar-refractivity contribution < 1.29 is 9.59 Å². The van der Waals surface area contributed by atoms with E-state index in [4.69, 9.17) is 0 Å². The van der Waals surface area contributed by atoms with Crippen LogP contribution in [0.4, 0.5) is 5.13 Å². The van der Waals surface area contributed by atoms with E-state index in [1.807, 2.05) is 12.1 Å². The molecule has 11 heteroatoms. The molecule has 0 aliphatic heterocycles. The summed E-state index contributed by atoms with van der Waals surface area (Å²) in [4.78, 5) is 28.2. The van der Waals surface area contributed by atoms with E-state index in [9.17, 15) is 9.59 Å². The first kappa shape index (κ1) is 19.5. The van der Waals surface area contributed by atoms with Gasteiger partial charge in [-0.15, -0.1) is 21.5 Å². The second kappa shape index (κ2) is 9.11. The molecule has 0 saturated heterocycles. The SMILES string of the molecule is Cn1c(CNC(=O)c2ccccc2Br)nnc1SCC(=O)Nc1nccs1. The van der Waals surface area contributed by atoms with E-state index in [2.05, 4.69) is 41.7 Å². The van der Waals surface area contributed by atoms with Crippen molar-refractivity contribution in [2.45, 2.75) is 11.7 Å². The summed E-state index contributed by atoms with van der Waals surface area (Å²) in [6, 6.07) is 7.19. The monoisotopic (exact) mass is 466 g/mol. The van der Waals surface area contributed by atoms with Gasteiger partial charge in [0, 0.05) is 23.1 Å². The molecule has 2 N–H and O–H groups in total. The van der Waals surface area contributed by atoms with Gasteiger partial charge in [-0.05, 0) is 28.1 Å². The minimum Gasteiger partial charge on any atom is -0.345 e. The van der Waals surface area contributed by atoms with Crippen LogP contribution in [-0.4, -0.2) is 37.3 Å². The molecule has 1 aromatic carbocycles. The highest BCUT2D eigenvalue weighted by atomic mass is 79.9. The third-order valence-corrected chi connectivity index (χ3v) is 5.86. The largest absolute Gasteiger partial charge is 0.345 e. The predicted octanol–water partition coefficient (Wildman–Crippen LogP) is 2.69. The number of hydrogen-bond donors (Lipinski definition) is 2. The van der Waals surface area contributed by atoms with Crippen LogP contribution in [-0.2, 0) is 18.4 Å². The van der Waals surface area contributed by atoms with Crippen LogP contribution in [0.1, 0.15) is 16.2 Å². The molecule has 140 valence electrons. The summed E-state index contributed by atoms with van der Waals surface area (Å²) in [6.45, 7) is 0.232. The van der Waals surface area contributed by atoms with Gasteiger partial charge >= 0.3 is 0 Å². The lowest BCUT2D eigenvalue weighted by molar-refractivity contribution is -0.113. The number of amides is 2. The Hall–Kier alpha value is -2.24. The number of carbonyl (C=O) groups is 2. The summed E-state index contributed by atoms with van der Waals surface area (Å²) < 4.78 is 2.48. The normalized spacial score (nSPS) is 10.6. The molecule has 0 radical (unpaired) electrons. The van der Waals surface area contributed by atoms with Gasteiger partial charge in [-0.3, -0.25) is 9.59 Å². The van der Waals surface area contributed by atoms with Crippen molar-refractivity contribution in [2.24, 2.45) is 7.05 Å². The number of anilines is 1. The van der Waals surface area contributed by atoms with E-state index in [0.29, 0.717) is 21.7 Å². The molecular weight excluding hydrogens is 452 g/mol. The number of aromatic nitrogens is 4. The van der Waals surface area contributed by atoms with Gasteiger partial charge < -0.3 is 15.2 Å². The first-order valence-corrected chi connectivity index (χ1v) is 10.4. The van der Waals surface area contributed by atoms with Crippen molar-refractivity contribution in [3.05, 3.63) is 51.7 Å². The van der Waals surface area contributed by atoms with Crippen molar-refractivity contribution in [3.63, 3.8) is 0 Å². The van der Waals surface area contributed by atoms with Crippen molar-refractivity contribution >= 4 is 56.0 Å². The summed E-state index contributed by atoms with van der Waals surface area (Å²) in [7, 11) is 1.79. The van der Waals surface area contributed by atoms with Crippen LogP contribution in [0.3, 0.4) is 0 Å². The number of thiazole rings is 1. The fraction of sp³-hybridized carbons (Fsp3) is 0.188. The second-order valence-corrected chi connectivity index (χ2v) is 7.99. The van der Waals surface area contributed by atoms with Crippen LogP contribution in [0.25, 0.3) is 0 Å². The predicted molar refractivity (Wildman–Crippen MR) is 108 cm³/mol. The van der Waals surface area contributed by atoms with Gasteiger partial charge in [0.2, 0.25) is 5.91 Å². The highest BCUT2D eigenvalue weighted by Crippen LogP contribution is 2.18. The van der Waals surface area contributed by atoms with Crippen LogP contribution in [0, 0.1) is 0 Å². The summed E-state index contributed by atoms with van der Waals surface area (Å²) >= 11 is 5.98. The number of thioether (sulfide) groups is 1. The van der Waals surface area contributed by atoms with Gasteiger partial charge in [0.05, 0.1) is 17.9 Å². The zero-order valence-electron chi connectivity index (χ0n) is 14.2. The molecule has 3 rings (SSSR count). The van der Waals surface area contributed by atoms with Gasteiger partial charge in [-0.1, -0.05) is 23.9 Å². The van der Waals surface area contributed by atoms with E-state index in [1.165, 1.54) is 23.1 Å². The highest BCUT2D eigenvalue weighted by molar-refractivity contribution is 9.10. The Bertz CT molecular complexity index is 944.